The van der Waals surface area contributed by atoms with Gasteiger partial charge >= 0.3 is 0 Å². The second kappa shape index (κ2) is 9.35. The molecule has 0 saturated heterocycles. The molecule has 1 N–H and O–H groups in total. The normalized spacial score (nSPS) is 12.2. The van der Waals surface area contributed by atoms with Gasteiger partial charge in [0.25, 0.3) is 11.6 Å². The number of benzene rings is 1. The van der Waals surface area contributed by atoms with Crippen LogP contribution in [-0.4, -0.2) is 44.1 Å². The molecule has 1 heterocycles. The lowest BCUT2D eigenvalue weighted by molar-refractivity contribution is -0.385. The molecule has 1 aromatic heterocycles. The summed E-state index contributed by atoms with van der Waals surface area (Å²) in [5.41, 5.74) is 2.78. The zero-order chi connectivity index (χ0) is 20.6. The van der Waals surface area contributed by atoms with E-state index < -0.39 is 10.8 Å². The summed E-state index contributed by atoms with van der Waals surface area (Å²) in [7, 11) is 0. The van der Waals surface area contributed by atoms with Gasteiger partial charge in [-0.25, -0.2) is 15.1 Å². The molecule has 0 aliphatic rings. The molecule has 0 aliphatic carbocycles. The van der Waals surface area contributed by atoms with Crippen LogP contribution in [0.5, 0.6) is 0 Å². The van der Waals surface area contributed by atoms with E-state index in [4.69, 9.17) is 4.84 Å². The Labute approximate surface area is 161 Å². The largest absolute Gasteiger partial charge is 0.386 e. The van der Waals surface area contributed by atoms with Gasteiger partial charge in [-0.05, 0) is 6.07 Å². The third kappa shape index (κ3) is 6.27. The number of hydrogen-bond donors (Lipinski definition) is 1. The fourth-order valence-corrected chi connectivity index (χ4v) is 2.01. The lowest BCUT2D eigenvalue weighted by Gasteiger charge is -2.20. The molecule has 0 aliphatic heterocycles. The smallest absolute Gasteiger partial charge is 0.280 e. The minimum absolute atomic E-state index is 0.107. The molecule has 0 unspecified atom stereocenters. The molecule has 11 heteroatoms. The summed E-state index contributed by atoms with van der Waals surface area (Å²) >= 11 is 0. The summed E-state index contributed by atoms with van der Waals surface area (Å²) in [5, 5.41) is 22.7. The fraction of sp³-hybridized carbons (Fsp3) is 0.353. The van der Waals surface area contributed by atoms with Gasteiger partial charge in [-0.3, -0.25) is 14.9 Å². The monoisotopic (exact) mass is 387 g/mol. The maximum absolute atomic E-state index is 11.8. The third-order valence-electron chi connectivity index (χ3n) is 3.54. The van der Waals surface area contributed by atoms with Gasteiger partial charge in [0.1, 0.15) is 12.7 Å². The van der Waals surface area contributed by atoms with Crippen molar-refractivity contribution in [2.45, 2.75) is 27.3 Å². The van der Waals surface area contributed by atoms with Gasteiger partial charge in [0.15, 0.2) is 6.61 Å². The molecule has 0 bridgehead atoms. The van der Waals surface area contributed by atoms with E-state index >= 15 is 0 Å². The molecule has 0 fully saturated rings. The molecule has 0 radical (unpaired) electrons. The Hall–Kier alpha value is -3.63. The molecule has 28 heavy (non-hydrogen) atoms. The summed E-state index contributed by atoms with van der Waals surface area (Å²) in [4.78, 5) is 31.2. The zero-order valence-electron chi connectivity index (χ0n) is 15.8. The van der Waals surface area contributed by atoms with Crippen LogP contribution in [0, 0.1) is 15.5 Å². The summed E-state index contributed by atoms with van der Waals surface area (Å²) in [6.45, 7) is 5.90. The van der Waals surface area contributed by atoms with E-state index in [0.717, 1.165) is 0 Å². The van der Waals surface area contributed by atoms with Gasteiger partial charge < -0.3 is 4.84 Å². The molecular weight excluding hydrogens is 366 g/mol. The predicted molar refractivity (Wildman–Crippen MR) is 102 cm³/mol. The Morgan fingerprint density at radius 1 is 1.39 bits per heavy atom. The van der Waals surface area contributed by atoms with Crippen molar-refractivity contribution >= 4 is 23.5 Å². The van der Waals surface area contributed by atoms with Crippen LogP contribution in [0.4, 0.5) is 5.69 Å². The summed E-state index contributed by atoms with van der Waals surface area (Å²) in [6, 6.07) is 6.06. The number of hydrazone groups is 1. The molecule has 1 amide bonds. The van der Waals surface area contributed by atoms with Crippen molar-refractivity contribution in [1.29, 1.82) is 0 Å². The van der Waals surface area contributed by atoms with Crippen LogP contribution in [0.2, 0.25) is 0 Å². The Morgan fingerprint density at radius 2 is 2.14 bits per heavy atom. The minimum Gasteiger partial charge on any atom is -0.386 e. The van der Waals surface area contributed by atoms with E-state index in [1.165, 1.54) is 24.7 Å². The number of carbonyl (C=O) groups is 1. The van der Waals surface area contributed by atoms with Crippen molar-refractivity contribution in [3.63, 3.8) is 0 Å². The van der Waals surface area contributed by atoms with Gasteiger partial charge in [-0.15, -0.1) is 0 Å². The predicted octanol–water partition coefficient (Wildman–Crippen LogP) is 1.76. The number of nitro benzene ring substituents is 1. The van der Waals surface area contributed by atoms with Crippen molar-refractivity contribution < 1.29 is 14.6 Å². The first-order chi connectivity index (χ1) is 13.3. The van der Waals surface area contributed by atoms with Crippen LogP contribution >= 0.6 is 0 Å². The van der Waals surface area contributed by atoms with Crippen molar-refractivity contribution in [2.75, 3.05) is 6.61 Å². The molecule has 11 nitrogen and oxygen atoms in total. The molecule has 0 atom stereocenters. The first-order valence-corrected chi connectivity index (χ1v) is 8.34. The molecule has 148 valence electrons. The minimum atomic E-state index is -0.549. The fourth-order valence-electron chi connectivity index (χ4n) is 2.01. The summed E-state index contributed by atoms with van der Waals surface area (Å²) < 4.78 is 1.60. The van der Waals surface area contributed by atoms with Crippen molar-refractivity contribution in [3.05, 3.63) is 52.6 Å². The molecule has 2 aromatic rings. The number of aromatic nitrogens is 3. The van der Waals surface area contributed by atoms with Crippen LogP contribution < -0.4 is 5.43 Å². The van der Waals surface area contributed by atoms with E-state index in [1.54, 1.807) is 23.1 Å². The lowest BCUT2D eigenvalue weighted by Crippen LogP contribution is -2.27. The van der Waals surface area contributed by atoms with Gasteiger partial charge in [0.05, 0.1) is 29.0 Å². The van der Waals surface area contributed by atoms with Crippen molar-refractivity contribution in [2.24, 2.45) is 15.7 Å². The standard InChI is InChI=1S/C17H21N7O4/c1-17(2,3)15(9-23-12-18-11-20-23)22-28-10-16(25)21-19-8-13-6-4-5-7-14(13)24(26)27/h4-8,11-12H,9-10H2,1-3H3,(H,21,25)/b19-8+,22-15+. The van der Waals surface area contributed by atoms with Gasteiger partial charge in [-0.1, -0.05) is 38.1 Å². The molecule has 2 rings (SSSR count). The van der Waals surface area contributed by atoms with Gasteiger partial charge in [-0.2, -0.15) is 10.2 Å². The second-order valence-corrected chi connectivity index (χ2v) is 6.76. The second-order valence-electron chi connectivity index (χ2n) is 6.76. The first-order valence-electron chi connectivity index (χ1n) is 8.34. The van der Waals surface area contributed by atoms with Crippen LogP contribution in [0.3, 0.4) is 0 Å². The Balaban J connectivity index is 1.90. The number of hydrogen-bond acceptors (Lipinski definition) is 8. The SMILES string of the molecule is CC(C)(C)/C(Cn1cncn1)=N/OCC(=O)N/N=C/c1ccccc1[N+](=O)[O-]. The quantitative estimate of drug-likeness (QED) is 0.416. The highest BCUT2D eigenvalue weighted by atomic mass is 16.6. The average molecular weight is 387 g/mol. The summed E-state index contributed by atoms with van der Waals surface area (Å²) in [6.07, 6.45) is 4.18. The molecular formula is C17H21N7O4. The molecule has 1 aromatic carbocycles. The number of nitrogens with zero attached hydrogens (tertiary/aromatic N) is 6. The highest BCUT2D eigenvalue weighted by molar-refractivity contribution is 5.89. The van der Waals surface area contributed by atoms with E-state index in [9.17, 15) is 14.9 Å². The topological polar surface area (TPSA) is 137 Å². The Bertz CT molecular complexity index is 870. The van der Waals surface area contributed by atoms with Gasteiger partial charge in [0, 0.05) is 11.5 Å². The lowest BCUT2D eigenvalue weighted by atomic mass is 9.90. The highest BCUT2D eigenvalue weighted by Gasteiger charge is 2.21. The number of carbonyl (C=O) groups excluding carboxylic acids is 1. The molecule has 0 spiro atoms. The van der Waals surface area contributed by atoms with Crippen molar-refractivity contribution in [3.8, 4) is 0 Å². The number of nitro groups is 1. The zero-order valence-corrected chi connectivity index (χ0v) is 15.8. The van der Waals surface area contributed by atoms with E-state index in [2.05, 4.69) is 25.8 Å². The van der Waals surface area contributed by atoms with Crippen molar-refractivity contribution in [1.82, 2.24) is 20.2 Å². The van der Waals surface area contributed by atoms with E-state index in [0.29, 0.717) is 12.3 Å². The number of amides is 1. The van der Waals surface area contributed by atoms with E-state index in [-0.39, 0.29) is 23.3 Å². The van der Waals surface area contributed by atoms with E-state index in [1.807, 2.05) is 20.8 Å². The Kier molecular flexibility index (Phi) is 6.90. The number of para-hydroxylation sites is 1. The highest BCUT2D eigenvalue weighted by Crippen LogP contribution is 2.17. The maximum Gasteiger partial charge on any atom is 0.280 e. The van der Waals surface area contributed by atoms with Crippen LogP contribution in [0.1, 0.15) is 26.3 Å². The number of nitrogens with one attached hydrogen (secondary N) is 1. The maximum atomic E-state index is 11.8. The molecule has 0 saturated carbocycles. The average Bonchev–Trinajstić information content (AvgIpc) is 3.13. The van der Waals surface area contributed by atoms with Crippen LogP contribution in [0.25, 0.3) is 0 Å². The first kappa shape index (κ1) is 20.7. The third-order valence-corrected chi connectivity index (χ3v) is 3.54. The number of oxime groups is 1. The summed E-state index contributed by atoms with van der Waals surface area (Å²) in [5.74, 6) is -0.549. The van der Waals surface area contributed by atoms with Crippen LogP contribution in [0.15, 0.2) is 47.2 Å². The number of rotatable bonds is 8. The van der Waals surface area contributed by atoms with Gasteiger partial charge in [0.2, 0.25) is 0 Å². The Morgan fingerprint density at radius 3 is 2.79 bits per heavy atom. The van der Waals surface area contributed by atoms with Crippen LogP contribution in [-0.2, 0) is 16.2 Å².